The van der Waals surface area contributed by atoms with E-state index >= 15 is 0 Å². The van der Waals surface area contributed by atoms with Crippen LogP contribution in [0.25, 0.3) is 16.7 Å². The topological polar surface area (TPSA) is 68.1 Å². The highest BCUT2D eigenvalue weighted by molar-refractivity contribution is 9.10. The van der Waals surface area contributed by atoms with Crippen LogP contribution in [0.15, 0.2) is 53.1 Å². The van der Waals surface area contributed by atoms with Crippen molar-refractivity contribution in [1.29, 1.82) is 0 Å². The average Bonchev–Trinajstić information content (AvgIpc) is 3.22. The van der Waals surface area contributed by atoms with Crippen LogP contribution >= 0.6 is 27.5 Å². The number of carbonyl (C=O) groups excluding carboxylic acids is 2. The number of rotatable bonds is 2. The maximum atomic E-state index is 13.3. The average molecular weight is 536 g/mol. The third-order valence-electron chi connectivity index (χ3n) is 5.31. The Morgan fingerprint density at radius 1 is 1.00 bits per heavy atom. The Labute approximate surface area is 197 Å². The third kappa shape index (κ3) is 3.32. The van der Waals surface area contributed by atoms with Gasteiger partial charge in [0.2, 0.25) is 0 Å². The minimum Gasteiger partial charge on any atom is -0.268 e. The summed E-state index contributed by atoms with van der Waals surface area (Å²) in [5.74, 6) is -1.52. The predicted octanol–water partition coefficient (Wildman–Crippen LogP) is 5.96. The first-order valence-electron chi connectivity index (χ1n) is 9.47. The van der Waals surface area contributed by atoms with Crippen molar-refractivity contribution in [3.8, 4) is 5.69 Å². The molecule has 6 nitrogen and oxygen atoms in total. The van der Waals surface area contributed by atoms with Crippen LogP contribution in [-0.4, -0.2) is 26.6 Å². The van der Waals surface area contributed by atoms with E-state index in [1.165, 1.54) is 12.3 Å². The molecule has 3 heterocycles. The van der Waals surface area contributed by atoms with Crippen LogP contribution < -0.4 is 4.90 Å². The molecule has 0 atom stereocenters. The van der Waals surface area contributed by atoms with E-state index in [9.17, 15) is 22.8 Å². The number of aromatic nitrogens is 3. The number of halogens is 5. The van der Waals surface area contributed by atoms with Crippen LogP contribution in [0.4, 0.5) is 18.9 Å². The summed E-state index contributed by atoms with van der Waals surface area (Å²) in [4.78, 5) is 31.4. The fourth-order valence-electron chi connectivity index (χ4n) is 3.83. The number of nitrogens with zero attached hydrogens (tertiary/aromatic N) is 4. The molecule has 2 aromatic carbocycles. The first-order valence-corrected chi connectivity index (χ1v) is 10.6. The van der Waals surface area contributed by atoms with Crippen LogP contribution in [-0.2, 0) is 6.18 Å². The summed E-state index contributed by atoms with van der Waals surface area (Å²) in [6.07, 6.45) is -3.50. The van der Waals surface area contributed by atoms with Gasteiger partial charge in [-0.3, -0.25) is 9.59 Å². The Kier molecular flexibility index (Phi) is 4.84. The molecule has 2 amide bonds. The van der Waals surface area contributed by atoms with Gasteiger partial charge in [0.1, 0.15) is 0 Å². The fourth-order valence-corrected chi connectivity index (χ4v) is 4.32. The molecule has 5 rings (SSSR count). The molecular weight excluding hydrogens is 525 g/mol. The molecule has 1 aliphatic heterocycles. The van der Waals surface area contributed by atoms with E-state index in [-0.39, 0.29) is 16.8 Å². The Balaban J connectivity index is 1.67. The zero-order chi connectivity index (χ0) is 23.7. The lowest BCUT2D eigenvalue weighted by Crippen LogP contribution is -2.29. The molecule has 0 saturated heterocycles. The van der Waals surface area contributed by atoms with E-state index in [1.54, 1.807) is 23.7 Å². The second-order valence-corrected chi connectivity index (χ2v) is 8.65. The summed E-state index contributed by atoms with van der Waals surface area (Å²) in [5.41, 5.74) is 0.162. The summed E-state index contributed by atoms with van der Waals surface area (Å²) in [6.45, 7) is 1.67. The standard InChI is InChI=1S/C22H11BrClF3N4O2/c1-10-17-18-14(9-28-19(17)31(29-10)12-4-2-11(23)3-5-12)20(32)30(21(18)33)13-6-7-16(24)15(8-13)22(25,26)27/h2-9H,1H3. The van der Waals surface area contributed by atoms with Crippen LogP contribution in [0.2, 0.25) is 5.02 Å². The molecule has 0 radical (unpaired) electrons. The minimum atomic E-state index is -4.75. The zero-order valence-electron chi connectivity index (χ0n) is 16.6. The third-order valence-corrected chi connectivity index (χ3v) is 6.16. The van der Waals surface area contributed by atoms with Gasteiger partial charge in [-0.05, 0) is 49.4 Å². The number of imide groups is 1. The first-order chi connectivity index (χ1) is 15.6. The summed E-state index contributed by atoms with van der Waals surface area (Å²) in [6, 6.07) is 10.1. The molecule has 11 heteroatoms. The van der Waals surface area contributed by atoms with Crippen LogP contribution in [0.3, 0.4) is 0 Å². The maximum Gasteiger partial charge on any atom is 0.417 e. The largest absolute Gasteiger partial charge is 0.417 e. The molecule has 0 unspecified atom stereocenters. The van der Waals surface area contributed by atoms with Gasteiger partial charge >= 0.3 is 6.18 Å². The highest BCUT2D eigenvalue weighted by Crippen LogP contribution is 2.40. The summed E-state index contributed by atoms with van der Waals surface area (Å²) < 4.78 is 42.4. The van der Waals surface area contributed by atoms with Crippen LogP contribution in [0.5, 0.6) is 0 Å². The number of carbonyl (C=O) groups is 2. The number of alkyl halides is 3. The smallest absolute Gasteiger partial charge is 0.268 e. The Bertz CT molecular complexity index is 1480. The fraction of sp³-hybridized carbons (Fsp3) is 0.0909. The molecule has 0 bridgehead atoms. The van der Waals surface area contributed by atoms with Gasteiger partial charge in [-0.25, -0.2) is 14.6 Å². The molecule has 166 valence electrons. The second-order valence-electron chi connectivity index (χ2n) is 7.33. The van der Waals surface area contributed by atoms with Gasteiger partial charge in [-0.2, -0.15) is 18.3 Å². The van der Waals surface area contributed by atoms with E-state index in [2.05, 4.69) is 26.0 Å². The number of anilines is 1. The number of aryl methyl sites for hydroxylation is 1. The molecule has 0 aliphatic carbocycles. The number of benzene rings is 2. The lowest BCUT2D eigenvalue weighted by molar-refractivity contribution is -0.137. The van der Waals surface area contributed by atoms with Gasteiger partial charge in [0.25, 0.3) is 11.8 Å². The molecule has 0 fully saturated rings. The van der Waals surface area contributed by atoms with E-state index in [0.717, 1.165) is 10.5 Å². The SMILES string of the molecule is Cc1nn(-c2ccc(Br)cc2)c2ncc3c(c12)C(=O)N(c1ccc(Cl)c(C(F)(F)F)c1)C3=O. The Morgan fingerprint density at radius 2 is 1.67 bits per heavy atom. The highest BCUT2D eigenvalue weighted by Gasteiger charge is 2.41. The maximum absolute atomic E-state index is 13.3. The zero-order valence-corrected chi connectivity index (χ0v) is 19.0. The minimum absolute atomic E-state index is 0.00513. The Hall–Kier alpha value is -3.24. The molecule has 2 aromatic heterocycles. The van der Waals surface area contributed by atoms with E-state index in [1.807, 2.05) is 12.1 Å². The first kappa shape index (κ1) is 21.6. The van der Waals surface area contributed by atoms with Crippen LogP contribution in [0, 0.1) is 6.92 Å². The normalized spacial score (nSPS) is 13.8. The van der Waals surface area contributed by atoms with Gasteiger partial charge in [0.15, 0.2) is 5.65 Å². The van der Waals surface area contributed by atoms with Crippen molar-refractivity contribution in [3.05, 3.63) is 80.5 Å². The number of hydrogen-bond donors (Lipinski definition) is 0. The molecule has 33 heavy (non-hydrogen) atoms. The number of pyridine rings is 1. The molecule has 1 aliphatic rings. The van der Waals surface area contributed by atoms with Crippen LogP contribution in [0.1, 0.15) is 32.0 Å². The number of hydrogen-bond acceptors (Lipinski definition) is 4. The summed E-state index contributed by atoms with van der Waals surface area (Å²) in [7, 11) is 0. The van der Waals surface area contributed by atoms with Crippen molar-refractivity contribution in [3.63, 3.8) is 0 Å². The van der Waals surface area contributed by atoms with Gasteiger partial charge in [0, 0.05) is 10.7 Å². The van der Waals surface area contributed by atoms with Crippen molar-refractivity contribution in [2.24, 2.45) is 0 Å². The number of amides is 2. The van der Waals surface area contributed by atoms with E-state index < -0.39 is 28.6 Å². The van der Waals surface area contributed by atoms with Crippen molar-refractivity contribution in [1.82, 2.24) is 14.8 Å². The van der Waals surface area contributed by atoms with Gasteiger partial charge in [0.05, 0.1) is 44.2 Å². The van der Waals surface area contributed by atoms with Crippen molar-refractivity contribution in [2.75, 3.05) is 4.90 Å². The second kappa shape index (κ2) is 7.39. The number of fused-ring (bicyclic) bond motifs is 3. The Morgan fingerprint density at radius 3 is 2.33 bits per heavy atom. The van der Waals surface area contributed by atoms with Gasteiger partial charge in [-0.1, -0.05) is 27.5 Å². The predicted molar refractivity (Wildman–Crippen MR) is 119 cm³/mol. The monoisotopic (exact) mass is 534 g/mol. The summed E-state index contributed by atoms with van der Waals surface area (Å²) >= 11 is 9.05. The molecular formula is C22H11BrClF3N4O2. The van der Waals surface area contributed by atoms with Crippen molar-refractivity contribution >= 4 is 56.1 Å². The van der Waals surface area contributed by atoms with E-state index in [0.29, 0.717) is 33.4 Å². The molecule has 0 saturated carbocycles. The lowest BCUT2D eigenvalue weighted by atomic mass is 10.1. The van der Waals surface area contributed by atoms with E-state index in [4.69, 9.17) is 11.6 Å². The van der Waals surface area contributed by atoms with Crippen molar-refractivity contribution < 1.29 is 22.8 Å². The van der Waals surface area contributed by atoms with Gasteiger partial charge in [-0.15, -0.1) is 0 Å². The quantitative estimate of drug-likeness (QED) is 0.297. The molecule has 0 N–H and O–H groups in total. The lowest BCUT2D eigenvalue weighted by Gasteiger charge is -2.17. The highest BCUT2D eigenvalue weighted by atomic mass is 79.9. The molecule has 4 aromatic rings. The molecule has 0 spiro atoms. The van der Waals surface area contributed by atoms with Crippen molar-refractivity contribution in [2.45, 2.75) is 13.1 Å². The summed E-state index contributed by atoms with van der Waals surface area (Å²) in [5, 5.41) is 4.31. The van der Waals surface area contributed by atoms with Gasteiger partial charge < -0.3 is 0 Å².